The molecule has 0 amide bonds. The number of hydrogen-bond acceptors (Lipinski definition) is 7. The Morgan fingerprint density at radius 1 is 1.25 bits per heavy atom. The first-order valence-electron chi connectivity index (χ1n) is 10.6. The molecule has 0 unspecified atom stereocenters. The van der Waals surface area contributed by atoms with E-state index in [9.17, 15) is 13.2 Å². The van der Waals surface area contributed by atoms with Crippen LogP contribution in [0.4, 0.5) is 19.0 Å². The summed E-state index contributed by atoms with van der Waals surface area (Å²) in [7, 11) is 3.35. The Balaban J connectivity index is 1.70. The Morgan fingerprint density at radius 3 is 2.84 bits per heavy atom. The van der Waals surface area contributed by atoms with Crippen molar-refractivity contribution in [3.05, 3.63) is 34.9 Å². The number of ether oxygens (including phenoxy) is 3. The number of methoxy groups -OCH3 is 1. The largest absolute Gasteiger partial charge is 0.467 e. The van der Waals surface area contributed by atoms with Crippen LogP contribution < -0.4 is 10.1 Å². The number of nitrogens with one attached hydrogen (secondary N) is 1. The van der Waals surface area contributed by atoms with Crippen LogP contribution in [0.5, 0.6) is 5.75 Å². The first-order chi connectivity index (χ1) is 15.5. The molecular formula is C22H27F3N4O3. The van der Waals surface area contributed by atoms with Gasteiger partial charge in [0.1, 0.15) is 17.6 Å². The van der Waals surface area contributed by atoms with Gasteiger partial charge in [-0.25, -0.2) is 13.2 Å². The van der Waals surface area contributed by atoms with Crippen LogP contribution in [-0.2, 0) is 22.5 Å². The molecule has 2 aromatic rings. The van der Waals surface area contributed by atoms with E-state index in [1.54, 1.807) is 6.07 Å². The van der Waals surface area contributed by atoms with Crippen LogP contribution in [0.2, 0.25) is 0 Å². The van der Waals surface area contributed by atoms with Gasteiger partial charge >= 0.3 is 0 Å². The number of halogens is 3. The molecule has 32 heavy (non-hydrogen) atoms. The Bertz CT molecular complexity index is 937. The van der Waals surface area contributed by atoms with Crippen LogP contribution in [0.25, 0.3) is 11.3 Å². The summed E-state index contributed by atoms with van der Waals surface area (Å²) in [5.41, 5.74) is 2.74. The SMILES string of the molecule is COCOc1cc(C(F)F)ccc1-c1nnc(N[C@@H]2C[C@@H](F)CN(C)C2)c2c1CCOC2. The third-order valence-corrected chi connectivity index (χ3v) is 5.70. The zero-order valence-corrected chi connectivity index (χ0v) is 18.1. The Hall–Kier alpha value is -2.43. The van der Waals surface area contributed by atoms with Gasteiger partial charge in [-0.2, -0.15) is 0 Å². The third-order valence-electron chi connectivity index (χ3n) is 5.70. The van der Waals surface area contributed by atoms with Crippen LogP contribution in [-0.4, -0.2) is 68.0 Å². The van der Waals surface area contributed by atoms with Gasteiger partial charge in [0.25, 0.3) is 6.43 Å². The molecule has 1 aromatic heterocycles. The predicted molar refractivity (Wildman–Crippen MR) is 113 cm³/mol. The van der Waals surface area contributed by atoms with Crippen LogP contribution in [0, 0.1) is 0 Å². The van der Waals surface area contributed by atoms with Crippen LogP contribution in [0.15, 0.2) is 18.2 Å². The summed E-state index contributed by atoms with van der Waals surface area (Å²) in [6.07, 6.45) is -2.54. The normalized spacial score (nSPS) is 21.4. The van der Waals surface area contributed by atoms with Gasteiger partial charge in [0.05, 0.1) is 13.2 Å². The molecule has 174 valence electrons. The average molecular weight is 452 g/mol. The maximum Gasteiger partial charge on any atom is 0.263 e. The van der Waals surface area contributed by atoms with Crippen LogP contribution in [0.1, 0.15) is 29.5 Å². The highest BCUT2D eigenvalue weighted by Gasteiger charge is 2.28. The molecular weight excluding hydrogens is 425 g/mol. The number of rotatable bonds is 7. The van der Waals surface area contributed by atoms with Crippen molar-refractivity contribution in [3.63, 3.8) is 0 Å². The molecule has 0 bridgehead atoms. The minimum atomic E-state index is -2.62. The number of piperidine rings is 1. The summed E-state index contributed by atoms with van der Waals surface area (Å²) in [6.45, 7) is 1.88. The standard InChI is InChI=1S/C22H27F3N4O3/c1-29-9-14(23)8-15(10-29)26-22-18-11-31-6-5-16(18)20(27-28-22)17-4-3-13(21(24)25)7-19(17)32-12-30-2/h3-4,7,14-15,21H,5-6,8-12H2,1-2H3,(H,26,28)/t14-,15-/m1/s1. The maximum atomic E-state index is 14.0. The molecule has 0 spiro atoms. The van der Waals surface area contributed by atoms with Crippen molar-refractivity contribution in [1.29, 1.82) is 0 Å². The molecule has 1 aromatic carbocycles. The lowest BCUT2D eigenvalue weighted by Crippen LogP contribution is -2.45. The third kappa shape index (κ3) is 4.97. The van der Waals surface area contributed by atoms with E-state index in [0.717, 1.165) is 11.1 Å². The lowest BCUT2D eigenvalue weighted by atomic mass is 9.96. The summed E-state index contributed by atoms with van der Waals surface area (Å²) in [4.78, 5) is 1.95. The van der Waals surface area contributed by atoms with Gasteiger partial charge in [-0.3, -0.25) is 0 Å². The van der Waals surface area contributed by atoms with Gasteiger partial charge in [0.2, 0.25) is 0 Å². The Morgan fingerprint density at radius 2 is 2.09 bits per heavy atom. The molecule has 3 heterocycles. The van der Waals surface area contributed by atoms with Crippen LogP contribution >= 0.6 is 0 Å². The van der Waals surface area contributed by atoms with Gasteiger partial charge in [-0.1, -0.05) is 6.07 Å². The quantitative estimate of drug-likeness (QED) is 0.644. The second kappa shape index (κ2) is 10.0. The minimum absolute atomic E-state index is 0.0857. The molecule has 2 aliphatic rings. The van der Waals surface area contributed by atoms with E-state index in [1.165, 1.54) is 19.2 Å². The fourth-order valence-electron chi connectivity index (χ4n) is 4.27. The zero-order chi connectivity index (χ0) is 22.7. The van der Waals surface area contributed by atoms with E-state index in [2.05, 4.69) is 15.5 Å². The zero-order valence-electron chi connectivity index (χ0n) is 18.1. The van der Waals surface area contributed by atoms with Crippen molar-refractivity contribution < 1.29 is 27.4 Å². The molecule has 7 nitrogen and oxygen atoms in total. The van der Waals surface area contributed by atoms with Crippen LogP contribution in [0.3, 0.4) is 0 Å². The van der Waals surface area contributed by atoms with Crippen molar-refractivity contribution in [1.82, 2.24) is 15.1 Å². The van der Waals surface area contributed by atoms with E-state index in [4.69, 9.17) is 14.2 Å². The lowest BCUT2D eigenvalue weighted by Gasteiger charge is -2.33. The first kappa shape index (κ1) is 22.8. The molecule has 2 atom stereocenters. The Labute approximate surface area is 184 Å². The summed E-state index contributed by atoms with van der Waals surface area (Å²) in [6, 6.07) is 4.14. The van der Waals surface area contributed by atoms with E-state index >= 15 is 0 Å². The molecule has 4 rings (SSSR count). The van der Waals surface area contributed by atoms with Gasteiger partial charge in [-0.15, -0.1) is 10.2 Å². The lowest BCUT2D eigenvalue weighted by molar-refractivity contribution is 0.0511. The molecule has 1 N–H and O–H groups in total. The number of alkyl halides is 3. The summed E-state index contributed by atoms with van der Waals surface area (Å²) >= 11 is 0. The van der Waals surface area contributed by atoms with Crippen molar-refractivity contribution in [2.45, 2.75) is 38.1 Å². The molecule has 0 saturated carbocycles. The fraction of sp³-hybridized carbons (Fsp3) is 0.545. The topological polar surface area (TPSA) is 68.7 Å². The minimum Gasteiger partial charge on any atom is -0.467 e. The van der Waals surface area contributed by atoms with E-state index in [0.29, 0.717) is 56.2 Å². The number of benzene rings is 1. The second-order valence-electron chi connectivity index (χ2n) is 8.16. The number of hydrogen-bond donors (Lipinski definition) is 1. The number of anilines is 1. The van der Waals surface area contributed by atoms with Crippen molar-refractivity contribution in [3.8, 4) is 17.0 Å². The monoisotopic (exact) mass is 452 g/mol. The van der Waals surface area contributed by atoms with Crippen molar-refractivity contribution >= 4 is 5.82 Å². The average Bonchev–Trinajstić information content (AvgIpc) is 2.77. The number of aromatic nitrogens is 2. The van der Waals surface area contributed by atoms with Crippen molar-refractivity contribution in [2.75, 3.05) is 46.0 Å². The van der Waals surface area contributed by atoms with E-state index < -0.39 is 12.6 Å². The highest BCUT2D eigenvalue weighted by molar-refractivity contribution is 5.73. The summed E-state index contributed by atoms with van der Waals surface area (Å²) in [5.74, 6) is 0.821. The predicted octanol–water partition coefficient (Wildman–Crippen LogP) is 3.59. The molecule has 2 aliphatic heterocycles. The van der Waals surface area contributed by atoms with Gasteiger partial charge < -0.3 is 24.4 Å². The summed E-state index contributed by atoms with van der Waals surface area (Å²) < 4.78 is 56.7. The van der Waals surface area contributed by atoms with Gasteiger partial charge in [0.15, 0.2) is 12.6 Å². The summed E-state index contributed by atoms with van der Waals surface area (Å²) in [5, 5.41) is 12.1. The Kier molecular flexibility index (Phi) is 7.12. The number of likely N-dealkylation sites (tertiary alicyclic amines) is 1. The van der Waals surface area contributed by atoms with Gasteiger partial charge in [-0.05, 0) is 31.2 Å². The second-order valence-corrected chi connectivity index (χ2v) is 8.16. The van der Waals surface area contributed by atoms with Gasteiger partial charge in [0, 0.05) is 49.4 Å². The first-order valence-corrected chi connectivity index (χ1v) is 10.6. The highest BCUT2D eigenvalue weighted by Crippen LogP contribution is 2.38. The molecule has 10 heteroatoms. The molecule has 0 aliphatic carbocycles. The molecule has 1 saturated heterocycles. The number of likely N-dealkylation sites (N-methyl/N-ethyl adjacent to an activating group) is 1. The number of fused-ring (bicyclic) bond motifs is 1. The molecule has 0 radical (unpaired) electrons. The highest BCUT2D eigenvalue weighted by atomic mass is 19.3. The van der Waals surface area contributed by atoms with E-state index in [1.807, 2.05) is 11.9 Å². The van der Waals surface area contributed by atoms with E-state index in [-0.39, 0.29) is 24.1 Å². The molecule has 1 fully saturated rings. The number of nitrogens with zero attached hydrogens (tertiary/aromatic N) is 3. The van der Waals surface area contributed by atoms with Crippen molar-refractivity contribution in [2.24, 2.45) is 0 Å². The fourth-order valence-corrected chi connectivity index (χ4v) is 4.27. The maximum absolute atomic E-state index is 14.0. The smallest absolute Gasteiger partial charge is 0.263 e.